The summed E-state index contributed by atoms with van der Waals surface area (Å²) in [7, 11) is 1.50. The van der Waals surface area contributed by atoms with Crippen molar-refractivity contribution in [3.63, 3.8) is 0 Å². The molecule has 0 aromatic heterocycles. The predicted molar refractivity (Wildman–Crippen MR) is 28.1 cm³/mol. The Morgan fingerprint density at radius 2 is 1.20 bits per heavy atom. The summed E-state index contributed by atoms with van der Waals surface area (Å²) in [5.41, 5.74) is 4.50. The van der Waals surface area contributed by atoms with Crippen molar-refractivity contribution in [2.24, 2.45) is 5.73 Å². The molecule has 0 saturated heterocycles. The Morgan fingerprint density at radius 1 is 1.20 bits per heavy atom. The molecule has 5 heavy (non-hydrogen) atoms. The Morgan fingerprint density at radius 3 is 1.20 bits per heavy atom. The molecule has 0 unspecified atom stereocenters. The topological polar surface area (TPSA) is 26.0 Å². The van der Waals surface area contributed by atoms with Crippen LogP contribution in [-0.2, 0) is 0 Å². The van der Waals surface area contributed by atoms with Gasteiger partial charge in [0.1, 0.15) is 0 Å². The molecule has 1 heteroatoms. The van der Waals surface area contributed by atoms with Gasteiger partial charge in [0.05, 0.1) is 0 Å². The molecule has 2 N–H and O–H groups in total. The monoisotopic (exact) mass is 75.1 g/mol. The van der Waals surface area contributed by atoms with E-state index in [0.717, 1.165) is 0 Å². The first kappa shape index (κ1) is 22.3. The lowest BCUT2D eigenvalue weighted by molar-refractivity contribution is 1.48. The summed E-state index contributed by atoms with van der Waals surface area (Å²) in [5.74, 6) is 0. The van der Waals surface area contributed by atoms with Crippen molar-refractivity contribution in [2.45, 2.75) is 7.43 Å². The Balaban J connectivity index is -0.0000000133. The summed E-state index contributed by atoms with van der Waals surface area (Å²) in [5, 5.41) is 0. The second-order valence-electron chi connectivity index (χ2n) is 0. The fraction of sp³-hybridized carbons (Fsp3) is 0.500. The van der Waals surface area contributed by atoms with E-state index < -0.39 is 0 Å². The van der Waals surface area contributed by atoms with Gasteiger partial charge >= 0.3 is 0 Å². The normalized spacial score (nSPS) is 2.00. The quantitative estimate of drug-likeness (QED) is 0.427. The van der Waals surface area contributed by atoms with Crippen LogP contribution in [0.25, 0.3) is 0 Å². The lowest BCUT2D eigenvalue weighted by Gasteiger charge is -1.19. The van der Waals surface area contributed by atoms with Crippen LogP contribution in [0.1, 0.15) is 7.43 Å². The number of rotatable bonds is 0. The summed E-state index contributed by atoms with van der Waals surface area (Å²) in [4.78, 5) is 0. The average Bonchev–Trinajstić information content (AvgIpc) is 1.50. The molecule has 0 bridgehead atoms. The highest BCUT2D eigenvalue weighted by Crippen LogP contribution is 0.862. The van der Waals surface area contributed by atoms with Gasteiger partial charge in [-0.1, -0.05) is 7.43 Å². The number of hydrogen-bond acceptors (Lipinski definition) is 1. The average molecular weight is 75.2 g/mol. The first-order valence-electron chi connectivity index (χ1n) is 1.08. The van der Waals surface area contributed by atoms with Crippen LogP contribution in [0.2, 0.25) is 0 Å². The minimum atomic E-state index is 0. The molecule has 0 fully saturated rings. The molecular weight excluding hydrogens is 62.1 g/mol. The molecule has 0 rings (SSSR count). The molecule has 0 aliphatic rings. The van der Waals surface area contributed by atoms with E-state index in [1.54, 1.807) is 0 Å². The molecule has 0 atom stereocenters. The van der Waals surface area contributed by atoms with Gasteiger partial charge in [-0.05, 0) is 7.05 Å². The fourth-order valence-corrected chi connectivity index (χ4v) is 0. The maximum Gasteiger partial charge on any atom is -0.0195 e. The molecule has 1 nitrogen and oxygen atoms in total. The molecule has 0 saturated carbocycles. The van der Waals surface area contributed by atoms with Gasteiger partial charge < -0.3 is 5.73 Å². The molecule has 0 spiro atoms. The highest BCUT2D eigenvalue weighted by atomic mass is 14.4. The van der Waals surface area contributed by atoms with Crippen LogP contribution in [0.5, 0.6) is 0 Å². The molecule has 0 amide bonds. The summed E-state index contributed by atoms with van der Waals surface area (Å²) in [6.07, 6.45) is 0. The number of hydrogen-bond donors (Lipinski definition) is 1. The van der Waals surface area contributed by atoms with Gasteiger partial charge in [0.25, 0.3) is 0 Å². The largest absolute Gasteiger partial charge is 0.333 e. The molecule has 0 radical (unpaired) electrons. The van der Waals surface area contributed by atoms with E-state index in [1.807, 2.05) is 0 Å². The Kier molecular flexibility index (Phi) is 1330. The zero-order chi connectivity index (χ0) is 4.00. The van der Waals surface area contributed by atoms with Crippen molar-refractivity contribution in [2.75, 3.05) is 7.05 Å². The fourth-order valence-electron chi connectivity index (χ4n) is 0. The molecule has 0 heterocycles. The Labute approximate surface area is 34.5 Å². The predicted octanol–water partition coefficient (Wildman–Crippen LogP) is 1.01. The second kappa shape index (κ2) is 300. The molecule has 0 aromatic rings. The maximum atomic E-state index is 4.50. The van der Waals surface area contributed by atoms with Crippen LogP contribution in [0.4, 0.5) is 0 Å². The van der Waals surface area contributed by atoms with Crippen molar-refractivity contribution < 1.29 is 0 Å². The molecule has 0 aromatic carbocycles. The zero-order valence-electron chi connectivity index (χ0n) is 2.99. The second-order valence-corrected chi connectivity index (χ2v) is 0. The van der Waals surface area contributed by atoms with Crippen LogP contribution in [0, 0.1) is 0 Å². The standard InChI is InChI=1S/C2H4.CH5N.CH4/c2*1-2;/h1-2H2;2H2,1H3;1H4. The van der Waals surface area contributed by atoms with Gasteiger partial charge in [-0.2, -0.15) is 0 Å². The third-order valence-corrected chi connectivity index (χ3v) is 0. The Bertz CT molecular complexity index is 3.61. The van der Waals surface area contributed by atoms with E-state index >= 15 is 0 Å². The van der Waals surface area contributed by atoms with Crippen LogP contribution in [0.3, 0.4) is 0 Å². The molecule has 0 aliphatic carbocycles. The smallest absolute Gasteiger partial charge is 0.0195 e. The molecule has 0 aliphatic heterocycles. The van der Waals surface area contributed by atoms with Gasteiger partial charge in [0.2, 0.25) is 0 Å². The van der Waals surface area contributed by atoms with E-state index in [9.17, 15) is 0 Å². The van der Waals surface area contributed by atoms with Crippen LogP contribution < -0.4 is 5.73 Å². The van der Waals surface area contributed by atoms with Crippen molar-refractivity contribution in [1.82, 2.24) is 0 Å². The van der Waals surface area contributed by atoms with E-state index in [-0.39, 0.29) is 7.43 Å². The van der Waals surface area contributed by atoms with E-state index in [2.05, 4.69) is 18.9 Å². The van der Waals surface area contributed by atoms with Crippen molar-refractivity contribution in [3.05, 3.63) is 13.2 Å². The van der Waals surface area contributed by atoms with Crippen molar-refractivity contribution in [3.8, 4) is 0 Å². The van der Waals surface area contributed by atoms with Gasteiger partial charge in [0.15, 0.2) is 0 Å². The van der Waals surface area contributed by atoms with Crippen LogP contribution >= 0.6 is 0 Å². The van der Waals surface area contributed by atoms with Gasteiger partial charge in [-0.3, -0.25) is 0 Å². The summed E-state index contributed by atoms with van der Waals surface area (Å²) in [6, 6.07) is 0. The molecular formula is C4H13N. The first-order chi connectivity index (χ1) is 2.00. The molecule has 34 valence electrons. The van der Waals surface area contributed by atoms with Crippen LogP contribution in [-0.4, -0.2) is 7.05 Å². The number of nitrogens with two attached hydrogens (primary N) is 1. The van der Waals surface area contributed by atoms with E-state index in [1.165, 1.54) is 7.05 Å². The minimum absolute atomic E-state index is 0. The van der Waals surface area contributed by atoms with Gasteiger partial charge in [-0.25, -0.2) is 0 Å². The van der Waals surface area contributed by atoms with E-state index in [4.69, 9.17) is 0 Å². The lowest BCUT2D eigenvalue weighted by Crippen LogP contribution is -1.69. The maximum absolute atomic E-state index is 4.50. The summed E-state index contributed by atoms with van der Waals surface area (Å²) in [6.45, 7) is 6.00. The third-order valence-electron chi connectivity index (χ3n) is 0. The highest BCUT2D eigenvalue weighted by molar-refractivity contribution is 4.22. The summed E-state index contributed by atoms with van der Waals surface area (Å²) < 4.78 is 0. The summed E-state index contributed by atoms with van der Waals surface area (Å²) >= 11 is 0. The van der Waals surface area contributed by atoms with Gasteiger partial charge in [-0.15, -0.1) is 13.2 Å². The third kappa shape index (κ3) is 119. The SMILES string of the molecule is C.C=C.CN. The van der Waals surface area contributed by atoms with E-state index in [0.29, 0.717) is 0 Å². The van der Waals surface area contributed by atoms with Crippen molar-refractivity contribution in [1.29, 1.82) is 0 Å². The zero-order valence-corrected chi connectivity index (χ0v) is 2.99. The first-order valence-corrected chi connectivity index (χ1v) is 1.08. The lowest BCUT2D eigenvalue weighted by atomic mass is 11.3. The highest BCUT2D eigenvalue weighted by Gasteiger charge is 0.836. The van der Waals surface area contributed by atoms with Crippen LogP contribution in [0.15, 0.2) is 13.2 Å². The van der Waals surface area contributed by atoms with Crippen molar-refractivity contribution >= 4 is 0 Å². The Hall–Kier alpha value is -0.300. The van der Waals surface area contributed by atoms with Gasteiger partial charge in [0, 0.05) is 0 Å². The minimum Gasteiger partial charge on any atom is -0.333 e.